The van der Waals surface area contributed by atoms with Crippen molar-refractivity contribution in [1.29, 1.82) is 0 Å². The second kappa shape index (κ2) is 7.58. The third-order valence-corrected chi connectivity index (χ3v) is 3.56. The van der Waals surface area contributed by atoms with Gasteiger partial charge in [0.25, 0.3) is 0 Å². The fourth-order valence-corrected chi connectivity index (χ4v) is 2.78. The lowest BCUT2D eigenvalue weighted by Crippen LogP contribution is -2.28. The molecule has 1 amide bonds. The summed E-state index contributed by atoms with van der Waals surface area (Å²) >= 11 is 1.76. The molecule has 5 heteroatoms. The third-order valence-electron chi connectivity index (χ3n) is 2.47. The van der Waals surface area contributed by atoms with Gasteiger partial charge in [0.15, 0.2) is 5.17 Å². The summed E-state index contributed by atoms with van der Waals surface area (Å²) in [4.78, 5) is 15.6. The Morgan fingerprint density at radius 3 is 3.06 bits per heavy atom. The smallest absolute Gasteiger partial charge is 0.221 e. The molecule has 0 aromatic rings. The minimum atomic E-state index is 0.0820. The van der Waals surface area contributed by atoms with Crippen molar-refractivity contribution < 1.29 is 4.79 Å². The van der Waals surface area contributed by atoms with E-state index in [-0.39, 0.29) is 5.91 Å². The van der Waals surface area contributed by atoms with Crippen LogP contribution in [-0.2, 0) is 4.79 Å². The summed E-state index contributed by atoms with van der Waals surface area (Å²) in [7, 11) is 0. The Kier molecular flexibility index (Phi) is 6.40. The Bertz CT molecular complexity index is 279. The molecule has 17 heavy (non-hydrogen) atoms. The van der Waals surface area contributed by atoms with Crippen LogP contribution in [0.25, 0.3) is 0 Å². The lowest BCUT2D eigenvalue weighted by Gasteiger charge is -2.11. The molecular weight excluding hydrogens is 234 g/mol. The molecular formula is C12H23N3OS. The first kappa shape index (κ1) is 14.4. The average molecular weight is 257 g/mol. The van der Waals surface area contributed by atoms with Crippen molar-refractivity contribution in [3.05, 3.63) is 0 Å². The number of rotatable bonds is 6. The van der Waals surface area contributed by atoms with Crippen molar-refractivity contribution in [2.24, 2.45) is 10.9 Å². The zero-order chi connectivity index (χ0) is 12.7. The first-order chi connectivity index (χ1) is 8.11. The predicted octanol–water partition coefficient (Wildman–Crippen LogP) is 1.62. The van der Waals surface area contributed by atoms with Crippen molar-refractivity contribution in [3.63, 3.8) is 0 Å². The van der Waals surface area contributed by atoms with Gasteiger partial charge in [-0.05, 0) is 19.3 Å². The molecule has 0 radical (unpaired) electrons. The van der Waals surface area contributed by atoms with Crippen LogP contribution in [0.5, 0.6) is 0 Å². The van der Waals surface area contributed by atoms with Gasteiger partial charge in [0, 0.05) is 24.8 Å². The maximum Gasteiger partial charge on any atom is 0.221 e. The number of amidine groups is 1. The highest BCUT2D eigenvalue weighted by atomic mass is 32.2. The van der Waals surface area contributed by atoms with Gasteiger partial charge in [-0.15, -0.1) is 0 Å². The Morgan fingerprint density at radius 2 is 2.41 bits per heavy atom. The van der Waals surface area contributed by atoms with Gasteiger partial charge >= 0.3 is 0 Å². The van der Waals surface area contributed by atoms with E-state index in [1.165, 1.54) is 6.42 Å². The SMILES string of the molecule is CCNC(=O)CCN=C1NC(CC(C)C)CS1. The van der Waals surface area contributed by atoms with Gasteiger partial charge in [-0.3, -0.25) is 9.79 Å². The monoisotopic (exact) mass is 257 g/mol. The number of amides is 1. The molecule has 1 aliphatic heterocycles. The van der Waals surface area contributed by atoms with E-state index >= 15 is 0 Å². The maximum atomic E-state index is 11.2. The second-order valence-corrected chi connectivity index (χ2v) is 5.68. The molecule has 1 fully saturated rings. The van der Waals surface area contributed by atoms with Crippen LogP contribution in [-0.4, -0.2) is 36.0 Å². The zero-order valence-electron chi connectivity index (χ0n) is 11.0. The van der Waals surface area contributed by atoms with Gasteiger partial charge in [-0.2, -0.15) is 0 Å². The number of hydrogen-bond donors (Lipinski definition) is 2. The molecule has 0 bridgehead atoms. The van der Waals surface area contributed by atoms with Crippen LogP contribution >= 0.6 is 11.8 Å². The molecule has 1 aliphatic rings. The summed E-state index contributed by atoms with van der Waals surface area (Å²) < 4.78 is 0. The Labute approximate surface area is 108 Å². The van der Waals surface area contributed by atoms with Gasteiger partial charge in [-0.1, -0.05) is 25.6 Å². The largest absolute Gasteiger partial charge is 0.361 e. The highest BCUT2D eigenvalue weighted by molar-refractivity contribution is 8.14. The van der Waals surface area contributed by atoms with E-state index in [2.05, 4.69) is 29.5 Å². The van der Waals surface area contributed by atoms with Crippen LogP contribution in [0.4, 0.5) is 0 Å². The summed E-state index contributed by atoms with van der Waals surface area (Å²) in [5.74, 6) is 1.89. The van der Waals surface area contributed by atoms with Crippen molar-refractivity contribution in [3.8, 4) is 0 Å². The third kappa shape index (κ3) is 5.96. The normalized spacial score (nSPS) is 21.9. The predicted molar refractivity (Wildman–Crippen MR) is 74.4 cm³/mol. The fraction of sp³-hybridized carbons (Fsp3) is 0.833. The fourth-order valence-electron chi connectivity index (χ4n) is 1.77. The highest BCUT2D eigenvalue weighted by Gasteiger charge is 2.20. The zero-order valence-corrected chi connectivity index (χ0v) is 11.8. The summed E-state index contributed by atoms with van der Waals surface area (Å²) in [6.07, 6.45) is 1.66. The molecule has 1 heterocycles. The van der Waals surface area contributed by atoms with E-state index in [0.717, 1.165) is 10.9 Å². The van der Waals surface area contributed by atoms with Crippen LogP contribution in [0.15, 0.2) is 4.99 Å². The number of carbonyl (C=O) groups excluding carboxylic acids is 1. The van der Waals surface area contributed by atoms with Crippen molar-refractivity contribution in [1.82, 2.24) is 10.6 Å². The summed E-state index contributed by atoms with van der Waals surface area (Å²) in [5.41, 5.74) is 0. The standard InChI is InChI=1S/C12H23N3OS/c1-4-13-11(16)5-6-14-12-15-10(8-17-12)7-9(2)3/h9-10H,4-8H2,1-3H3,(H,13,16)(H,14,15). The molecule has 0 spiro atoms. The molecule has 1 rings (SSSR count). The van der Waals surface area contributed by atoms with Gasteiger partial charge in [0.2, 0.25) is 5.91 Å². The molecule has 2 N–H and O–H groups in total. The lowest BCUT2D eigenvalue weighted by atomic mass is 10.1. The number of thioether (sulfide) groups is 1. The lowest BCUT2D eigenvalue weighted by molar-refractivity contribution is -0.120. The minimum Gasteiger partial charge on any atom is -0.361 e. The number of carbonyl (C=O) groups is 1. The summed E-state index contributed by atoms with van der Waals surface area (Å²) in [6, 6.07) is 0.545. The Hall–Kier alpha value is -0.710. The first-order valence-corrected chi connectivity index (χ1v) is 7.30. The van der Waals surface area contributed by atoms with Crippen LogP contribution < -0.4 is 10.6 Å². The van der Waals surface area contributed by atoms with Crippen LogP contribution in [0.3, 0.4) is 0 Å². The van der Waals surface area contributed by atoms with E-state index in [1.54, 1.807) is 11.8 Å². The number of hydrogen-bond acceptors (Lipinski definition) is 3. The molecule has 4 nitrogen and oxygen atoms in total. The topological polar surface area (TPSA) is 53.5 Å². The molecule has 0 aromatic carbocycles. The first-order valence-electron chi connectivity index (χ1n) is 6.32. The quantitative estimate of drug-likeness (QED) is 0.760. The average Bonchev–Trinajstić information content (AvgIpc) is 2.65. The van der Waals surface area contributed by atoms with Crippen LogP contribution in [0, 0.1) is 5.92 Å². The van der Waals surface area contributed by atoms with Gasteiger partial charge in [0.05, 0.1) is 6.54 Å². The molecule has 1 saturated heterocycles. The molecule has 0 aliphatic carbocycles. The van der Waals surface area contributed by atoms with Gasteiger partial charge < -0.3 is 10.6 Å². The number of nitrogens with one attached hydrogen (secondary N) is 2. The molecule has 0 aromatic heterocycles. The highest BCUT2D eigenvalue weighted by Crippen LogP contribution is 2.18. The second-order valence-electron chi connectivity index (χ2n) is 4.67. The van der Waals surface area contributed by atoms with E-state index < -0.39 is 0 Å². The Morgan fingerprint density at radius 1 is 1.65 bits per heavy atom. The molecule has 1 atom stereocenters. The molecule has 1 unspecified atom stereocenters. The summed E-state index contributed by atoms with van der Waals surface area (Å²) in [6.45, 7) is 7.66. The minimum absolute atomic E-state index is 0.0820. The van der Waals surface area contributed by atoms with Crippen molar-refractivity contribution in [2.75, 3.05) is 18.8 Å². The number of aliphatic imine (C=N–C) groups is 1. The van der Waals surface area contributed by atoms with Crippen LogP contribution in [0.2, 0.25) is 0 Å². The van der Waals surface area contributed by atoms with E-state index in [4.69, 9.17) is 0 Å². The Balaban J connectivity index is 2.21. The molecule has 0 saturated carbocycles. The van der Waals surface area contributed by atoms with Gasteiger partial charge in [0.1, 0.15) is 0 Å². The number of nitrogens with zero attached hydrogens (tertiary/aromatic N) is 1. The summed E-state index contributed by atoms with van der Waals surface area (Å²) in [5, 5.41) is 7.18. The van der Waals surface area contributed by atoms with Crippen molar-refractivity contribution in [2.45, 2.75) is 39.7 Å². The van der Waals surface area contributed by atoms with Crippen LogP contribution in [0.1, 0.15) is 33.6 Å². The van der Waals surface area contributed by atoms with E-state index in [9.17, 15) is 4.79 Å². The van der Waals surface area contributed by atoms with E-state index in [1.807, 2.05) is 6.92 Å². The van der Waals surface area contributed by atoms with E-state index in [0.29, 0.717) is 31.5 Å². The van der Waals surface area contributed by atoms with Crippen molar-refractivity contribution >= 4 is 22.8 Å². The van der Waals surface area contributed by atoms with Gasteiger partial charge in [-0.25, -0.2) is 0 Å². The maximum absolute atomic E-state index is 11.2. The molecule has 98 valence electrons.